The molecular formula is C12H16BrN. The van der Waals surface area contributed by atoms with Gasteiger partial charge in [0, 0.05) is 16.2 Å². The predicted octanol–water partition coefficient (Wildman–Crippen LogP) is 3.97. The van der Waals surface area contributed by atoms with Gasteiger partial charge in [0.15, 0.2) is 0 Å². The monoisotopic (exact) mass is 253 g/mol. The maximum atomic E-state index is 3.56. The van der Waals surface area contributed by atoms with Crippen LogP contribution < -0.4 is 5.32 Å². The number of rotatable bonds is 2. The summed E-state index contributed by atoms with van der Waals surface area (Å²) < 4.78 is 1.16. The highest BCUT2D eigenvalue weighted by atomic mass is 79.9. The van der Waals surface area contributed by atoms with E-state index in [4.69, 9.17) is 0 Å². The number of hydrogen-bond donors (Lipinski definition) is 1. The van der Waals surface area contributed by atoms with Crippen molar-refractivity contribution in [3.63, 3.8) is 0 Å². The normalized spacial score (nSPS) is 25.6. The summed E-state index contributed by atoms with van der Waals surface area (Å²) in [5.41, 5.74) is 2.54. The first kappa shape index (κ1) is 10.0. The van der Waals surface area contributed by atoms with Crippen molar-refractivity contribution in [2.45, 2.75) is 32.7 Å². The summed E-state index contributed by atoms with van der Waals surface area (Å²) in [7, 11) is 0. The van der Waals surface area contributed by atoms with Gasteiger partial charge in [-0.1, -0.05) is 22.9 Å². The third-order valence-corrected chi connectivity index (χ3v) is 3.24. The van der Waals surface area contributed by atoms with E-state index in [1.807, 2.05) is 0 Å². The lowest BCUT2D eigenvalue weighted by Crippen LogP contribution is -2.33. The van der Waals surface area contributed by atoms with E-state index in [0.717, 1.165) is 10.4 Å². The lowest BCUT2D eigenvalue weighted by Gasteiger charge is -2.34. The zero-order chi connectivity index (χ0) is 10.1. The van der Waals surface area contributed by atoms with Crippen LogP contribution >= 0.6 is 15.9 Å². The molecule has 0 aliphatic heterocycles. The molecule has 0 unspecified atom stereocenters. The Labute approximate surface area is 94.0 Å². The average molecular weight is 254 g/mol. The van der Waals surface area contributed by atoms with Gasteiger partial charge in [0.2, 0.25) is 0 Å². The first-order chi connectivity index (χ1) is 6.63. The Kier molecular flexibility index (Phi) is 2.82. The van der Waals surface area contributed by atoms with Crippen LogP contribution in [0.4, 0.5) is 5.69 Å². The number of benzene rings is 1. The minimum Gasteiger partial charge on any atom is -0.382 e. The molecule has 0 amide bonds. The number of halogens is 1. The first-order valence-electron chi connectivity index (χ1n) is 5.17. The van der Waals surface area contributed by atoms with E-state index in [2.05, 4.69) is 53.3 Å². The topological polar surface area (TPSA) is 12.0 Å². The van der Waals surface area contributed by atoms with E-state index in [-0.39, 0.29) is 0 Å². The number of hydrogen-bond acceptors (Lipinski definition) is 1. The van der Waals surface area contributed by atoms with Crippen molar-refractivity contribution in [2.24, 2.45) is 5.92 Å². The molecule has 2 rings (SSSR count). The molecule has 1 fully saturated rings. The molecule has 0 bridgehead atoms. The SMILES string of the molecule is Cc1cc(Br)cc(NC2CC(C)C2)c1. The van der Waals surface area contributed by atoms with Crippen LogP contribution in [0, 0.1) is 12.8 Å². The molecular weight excluding hydrogens is 238 g/mol. The summed E-state index contributed by atoms with van der Waals surface area (Å²) in [6.45, 7) is 4.43. The van der Waals surface area contributed by atoms with Crippen LogP contribution in [0.15, 0.2) is 22.7 Å². The van der Waals surface area contributed by atoms with Crippen molar-refractivity contribution in [2.75, 3.05) is 5.32 Å². The van der Waals surface area contributed by atoms with Crippen LogP contribution in [0.3, 0.4) is 0 Å². The Morgan fingerprint density at radius 2 is 2.00 bits per heavy atom. The molecule has 1 nitrogen and oxygen atoms in total. The van der Waals surface area contributed by atoms with Gasteiger partial charge in [-0.2, -0.15) is 0 Å². The van der Waals surface area contributed by atoms with E-state index in [9.17, 15) is 0 Å². The number of anilines is 1. The number of nitrogens with one attached hydrogen (secondary N) is 1. The minimum absolute atomic E-state index is 0.693. The first-order valence-corrected chi connectivity index (χ1v) is 5.96. The molecule has 0 atom stereocenters. The third-order valence-electron chi connectivity index (χ3n) is 2.79. The fraction of sp³-hybridized carbons (Fsp3) is 0.500. The molecule has 0 radical (unpaired) electrons. The Bertz CT molecular complexity index is 309. The van der Waals surface area contributed by atoms with E-state index >= 15 is 0 Å². The Morgan fingerprint density at radius 3 is 2.57 bits per heavy atom. The van der Waals surface area contributed by atoms with Crippen molar-refractivity contribution in [3.8, 4) is 0 Å². The second-order valence-corrected chi connectivity index (χ2v) is 5.35. The van der Waals surface area contributed by atoms with Crippen LogP contribution in [-0.4, -0.2) is 6.04 Å². The lowest BCUT2D eigenvalue weighted by atomic mass is 9.82. The highest BCUT2D eigenvalue weighted by molar-refractivity contribution is 9.10. The summed E-state index contributed by atoms with van der Waals surface area (Å²) >= 11 is 3.51. The maximum Gasteiger partial charge on any atom is 0.0356 e. The molecule has 1 aromatic carbocycles. The Hall–Kier alpha value is -0.500. The zero-order valence-electron chi connectivity index (χ0n) is 8.68. The van der Waals surface area contributed by atoms with Crippen molar-refractivity contribution >= 4 is 21.6 Å². The second kappa shape index (κ2) is 3.93. The molecule has 1 N–H and O–H groups in total. The van der Waals surface area contributed by atoms with Gasteiger partial charge in [-0.05, 0) is 49.4 Å². The van der Waals surface area contributed by atoms with Gasteiger partial charge < -0.3 is 5.32 Å². The standard InChI is InChI=1S/C12H16BrN/c1-8-3-10(13)7-12(4-8)14-11-5-9(2)6-11/h3-4,7,9,11,14H,5-6H2,1-2H3. The highest BCUT2D eigenvalue weighted by Gasteiger charge is 2.24. The summed E-state index contributed by atoms with van der Waals surface area (Å²) in [6, 6.07) is 7.18. The largest absolute Gasteiger partial charge is 0.382 e. The summed E-state index contributed by atoms with van der Waals surface area (Å²) in [4.78, 5) is 0. The van der Waals surface area contributed by atoms with E-state index in [0.29, 0.717) is 6.04 Å². The minimum atomic E-state index is 0.693. The van der Waals surface area contributed by atoms with E-state index in [1.165, 1.54) is 24.1 Å². The molecule has 2 heteroatoms. The maximum absolute atomic E-state index is 3.56. The quantitative estimate of drug-likeness (QED) is 0.842. The Balaban J connectivity index is 2.02. The van der Waals surface area contributed by atoms with Crippen LogP contribution in [-0.2, 0) is 0 Å². The van der Waals surface area contributed by atoms with Gasteiger partial charge in [0.25, 0.3) is 0 Å². The van der Waals surface area contributed by atoms with Crippen molar-refractivity contribution in [1.82, 2.24) is 0 Å². The predicted molar refractivity (Wildman–Crippen MR) is 64.7 cm³/mol. The van der Waals surface area contributed by atoms with Gasteiger partial charge in [-0.3, -0.25) is 0 Å². The van der Waals surface area contributed by atoms with Gasteiger partial charge in [0.05, 0.1) is 0 Å². The molecule has 0 heterocycles. The smallest absolute Gasteiger partial charge is 0.0356 e. The molecule has 1 aromatic rings. The van der Waals surface area contributed by atoms with Crippen LogP contribution in [0.1, 0.15) is 25.3 Å². The molecule has 76 valence electrons. The fourth-order valence-electron chi connectivity index (χ4n) is 2.08. The highest BCUT2D eigenvalue weighted by Crippen LogP contribution is 2.30. The third kappa shape index (κ3) is 2.30. The van der Waals surface area contributed by atoms with Crippen LogP contribution in [0.5, 0.6) is 0 Å². The average Bonchev–Trinajstić information content (AvgIpc) is 1.99. The van der Waals surface area contributed by atoms with Gasteiger partial charge in [-0.15, -0.1) is 0 Å². The molecule has 0 saturated heterocycles. The molecule has 1 aliphatic carbocycles. The number of aryl methyl sites for hydroxylation is 1. The van der Waals surface area contributed by atoms with Gasteiger partial charge in [-0.25, -0.2) is 0 Å². The second-order valence-electron chi connectivity index (χ2n) is 4.44. The molecule has 14 heavy (non-hydrogen) atoms. The summed E-state index contributed by atoms with van der Waals surface area (Å²) in [5.74, 6) is 0.903. The lowest BCUT2D eigenvalue weighted by molar-refractivity contribution is 0.309. The van der Waals surface area contributed by atoms with Crippen LogP contribution in [0.2, 0.25) is 0 Å². The van der Waals surface area contributed by atoms with Crippen molar-refractivity contribution < 1.29 is 0 Å². The van der Waals surface area contributed by atoms with E-state index < -0.39 is 0 Å². The van der Waals surface area contributed by atoms with Crippen molar-refractivity contribution in [1.29, 1.82) is 0 Å². The Morgan fingerprint density at radius 1 is 1.29 bits per heavy atom. The molecule has 0 aromatic heterocycles. The molecule has 1 saturated carbocycles. The van der Waals surface area contributed by atoms with Gasteiger partial charge >= 0.3 is 0 Å². The van der Waals surface area contributed by atoms with Crippen molar-refractivity contribution in [3.05, 3.63) is 28.2 Å². The molecule has 1 aliphatic rings. The summed E-state index contributed by atoms with van der Waals surface area (Å²) in [6.07, 6.45) is 2.62. The van der Waals surface area contributed by atoms with E-state index in [1.54, 1.807) is 0 Å². The van der Waals surface area contributed by atoms with Crippen LogP contribution in [0.25, 0.3) is 0 Å². The summed E-state index contributed by atoms with van der Waals surface area (Å²) in [5, 5.41) is 3.56. The fourth-order valence-corrected chi connectivity index (χ4v) is 2.68. The van der Waals surface area contributed by atoms with Gasteiger partial charge in [0.1, 0.15) is 0 Å². The molecule has 0 spiro atoms. The zero-order valence-corrected chi connectivity index (χ0v) is 10.3.